The maximum absolute atomic E-state index is 12.6. The highest BCUT2D eigenvalue weighted by molar-refractivity contribution is 5.62. The minimum absolute atomic E-state index is 0.295. The molecule has 0 saturated heterocycles. The van der Waals surface area contributed by atoms with Gasteiger partial charge >= 0.3 is 6.18 Å². The van der Waals surface area contributed by atoms with Crippen molar-refractivity contribution in [1.29, 1.82) is 0 Å². The molecule has 4 nitrogen and oxygen atoms in total. The van der Waals surface area contributed by atoms with Gasteiger partial charge in [-0.1, -0.05) is 25.1 Å². The van der Waals surface area contributed by atoms with Gasteiger partial charge in [-0.25, -0.2) is 4.98 Å². The number of hydrogen-bond donors (Lipinski definition) is 2. The third-order valence-electron chi connectivity index (χ3n) is 3.78. The van der Waals surface area contributed by atoms with E-state index in [4.69, 9.17) is 0 Å². The van der Waals surface area contributed by atoms with E-state index in [1.807, 2.05) is 24.3 Å². The van der Waals surface area contributed by atoms with Gasteiger partial charge in [0, 0.05) is 17.6 Å². The minimum atomic E-state index is -4.36. The molecule has 26 heavy (non-hydrogen) atoms. The largest absolute Gasteiger partial charge is 0.416 e. The Morgan fingerprint density at radius 1 is 0.923 bits per heavy atom. The summed E-state index contributed by atoms with van der Waals surface area (Å²) < 4.78 is 37.8. The van der Waals surface area contributed by atoms with Gasteiger partial charge in [0.25, 0.3) is 0 Å². The molecule has 0 spiro atoms. The van der Waals surface area contributed by atoms with E-state index >= 15 is 0 Å². The van der Waals surface area contributed by atoms with Crippen molar-refractivity contribution >= 4 is 23.1 Å². The standard InChI is InChI=1S/C19H17F3N4/c1-2-13-5-3-4-6-16(13)25-17-11-12-23-18(26-17)24-15-9-7-14(8-10-15)19(20,21)22/h3-12H,2H2,1H3,(H2,23,24,25,26). The molecule has 134 valence electrons. The molecule has 0 aliphatic carbocycles. The molecule has 1 heterocycles. The Labute approximate surface area is 149 Å². The summed E-state index contributed by atoms with van der Waals surface area (Å²) in [6, 6.07) is 14.4. The molecule has 0 amide bonds. The van der Waals surface area contributed by atoms with Crippen LogP contribution >= 0.6 is 0 Å². The second-order valence-electron chi connectivity index (χ2n) is 5.60. The van der Waals surface area contributed by atoms with Crippen LogP contribution in [0.15, 0.2) is 60.8 Å². The zero-order valence-electron chi connectivity index (χ0n) is 14.0. The number of alkyl halides is 3. The summed E-state index contributed by atoms with van der Waals surface area (Å²) in [5, 5.41) is 6.15. The molecule has 0 saturated carbocycles. The number of halogens is 3. The molecule has 1 aromatic heterocycles. The lowest BCUT2D eigenvalue weighted by Crippen LogP contribution is -2.05. The van der Waals surface area contributed by atoms with Crippen LogP contribution in [-0.2, 0) is 12.6 Å². The first-order valence-corrected chi connectivity index (χ1v) is 8.08. The summed E-state index contributed by atoms with van der Waals surface area (Å²) in [6.45, 7) is 2.07. The molecule has 2 aromatic carbocycles. The number of rotatable bonds is 5. The van der Waals surface area contributed by atoms with Crippen LogP contribution in [0.1, 0.15) is 18.1 Å². The van der Waals surface area contributed by atoms with Crippen molar-refractivity contribution in [3.63, 3.8) is 0 Å². The number of aryl methyl sites for hydroxylation is 1. The molecule has 0 aliphatic heterocycles. The fourth-order valence-corrected chi connectivity index (χ4v) is 2.45. The van der Waals surface area contributed by atoms with Crippen molar-refractivity contribution in [3.8, 4) is 0 Å². The Kier molecular flexibility index (Phi) is 5.06. The Balaban J connectivity index is 1.75. The van der Waals surface area contributed by atoms with Gasteiger partial charge in [-0.2, -0.15) is 18.2 Å². The number of benzene rings is 2. The first kappa shape index (κ1) is 17.7. The molecule has 2 N–H and O–H groups in total. The van der Waals surface area contributed by atoms with Gasteiger partial charge in [0.15, 0.2) is 0 Å². The van der Waals surface area contributed by atoms with Crippen molar-refractivity contribution < 1.29 is 13.2 Å². The van der Waals surface area contributed by atoms with Crippen LogP contribution in [0.25, 0.3) is 0 Å². The summed E-state index contributed by atoms with van der Waals surface area (Å²) in [5.74, 6) is 0.888. The Morgan fingerprint density at radius 2 is 1.65 bits per heavy atom. The van der Waals surface area contributed by atoms with Crippen molar-refractivity contribution in [2.75, 3.05) is 10.6 Å². The normalized spacial score (nSPS) is 11.2. The lowest BCUT2D eigenvalue weighted by Gasteiger charge is -2.12. The van der Waals surface area contributed by atoms with E-state index in [0.29, 0.717) is 17.5 Å². The van der Waals surface area contributed by atoms with Gasteiger partial charge in [0.05, 0.1) is 5.56 Å². The smallest absolute Gasteiger partial charge is 0.340 e. The maximum atomic E-state index is 12.6. The second kappa shape index (κ2) is 7.43. The van der Waals surface area contributed by atoms with Crippen LogP contribution in [-0.4, -0.2) is 9.97 Å². The van der Waals surface area contributed by atoms with Gasteiger partial charge < -0.3 is 10.6 Å². The van der Waals surface area contributed by atoms with E-state index in [1.54, 1.807) is 12.3 Å². The molecular weight excluding hydrogens is 341 g/mol. The van der Waals surface area contributed by atoms with Crippen molar-refractivity contribution in [2.45, 2.75) is 19.5 Å². The summed E-state index contributed by atoms with van der Waals surface area (Å²) >= 11 is 0. The van der Waals surface area contributed by atoms with E-state index in [-0.39, 0.29) is 0 Å². The molecule has 3 aromatic rings. The third kappa shape index (κ3) is 4.30. The topological polar surface area (TPSA) is 49.8 Å². The van der Waals surface area contributed by atoms with Crippen LogP contribution in [0.2, 0.25) is 0 Å². The van der Waals surface area contributed by atoms with Gasteiger partial charge in [-0.3, -0.25) is 0 Å². The summed E-state index contributed by atoms with van der Waals surface area (Å²) in [4.78, 5) is 8.46. The number of anilines is 4. The summed E-state index contributed by atoms with van der Waals surface area (Å²) in [6.07, 6.45) is -1.90. The highest BCUT2D eigenvalue weighted by Crippen LogP contribution is 2.30. The number of para-hydroxylation sites is 1. The Bertz CT molecular complexity index is 876. The van der Waals surface area contributed by atoms with Crippen molar-refractivity contribution in [2.24, 2.45) is 0 Å². The van der Waals surface area contributed by atoms with Gasteiger partial charge in [-0.15, -0.1) is 0 Å². The molecule has 3 rings (SSSR count). The molecule has 0 atom stereocenters. The molecule has 7 heteroatoms. The van der Waals surface area contributed by atoms with E-state index in [0.717, 1.165) is 29.8 Å². The molecule has 0 fully saturated rings. The first-order valence-electron chi connectivity index (χ1n) is 8.08. The zero-order valence-corrected chi connectivity index (χ0v) is 14.0. The molecule has 0 unspecified atom stereocenters. The van der Waals surface area contributed by atoms with Gasteiger partial charge in [-0.05, 0) is 48.4 Å². The fraction of sp³-hybridized carbons (Fsp3) is 0.158. The van der Waals surface area contributed by atoms with E-state index in [9.17, 15) is 13.2 Å². The predicted octanol–water partition coefficient (Wildman–Crippen LogP) is 5.55. The number of nitrogens with one attached hydrogen (secondary N) is 2. The molecular formula is C19H17F3N4. The second-order valence-corrected chi connectivity index (χ2v) is 5.60. The monoisotopic (exact) mass is 358 g/mol. The highest BCUT2D eigenvalue weighted by atomic mass is 19.4. The lowest BCUT2D eigenvalue weighted by molar-refractivity contribution is -0.137. The first-order chi connectivity index (χ1) is 12.5. The highest BCUT2D eigenvalue weighted by Gasteiger charge is 2.29. The van der Waals surface area contributed by atoms with E-state index in [1.165, 1.54) is 12.1 Å². The maximum Gasteiger partial charge on any atom is 0.416 e. The summed E-state index contributed by atoms with van der Waals surface area (Å²) in [5.41, 5.74) is 1.89. The minimum Gasteiger partial charge on any atom is -0.340 e. The number of nitrogens with zero attached hydrogens (tertiary/aromatic N) is 2. The molecule has 0 radical (unpaired) electrons. The average Bonchev–Trinajstić information content (AvgIpc) is 2.62. The number of hydrogen-bond acceptors (Lipinski definition) is 4. The number of aromatic nitrogens is 2. The molecule has 0 aliphatic rings. The van der Waals surface area contributed by atoms with E-state index < -0.39 is 11.7 Å². The molecule has 0 bridgehead atoms. The Hall–Kier alpha value is -3.09. The van der Waals surface area contributed by atoms with Crippen LogP contribution in [0.3, 0.4) is 0 Å². The zero-order chi connectivity index (χ0) is 18.6. The van der Waals surface area contributed by atoms with E-state index in [2.05, 4.69) is 27.5 Å². The summed E-state index contributed by atoms with van der Waals surface area (Å²) in [7, 11) is 0. The van der Waals surface area contributed by atoms with Crippen molar-refractivity contribution in [1.82, 2.24) is 9.97 Å². The SMILES string of the molecule is CCc1ccccc1Nc1ccnc(Nc2ccc(C(F)(F)F)cc2)n1. The predicted molar refractivity (Wildman–Crippen MR) is 95.9 cm³/mol. The average molecular weight is 358 g/mol. The quantitative estimate of drug-likeness (QED) is 0.628. The van der Waals surface area contributed by atoms with Crippen molar-refractivity contribution in [3.05, 3.63) is 71.9 Å². The van der Waals surface area contributed by atoms with Crippen LogP contribution in [0.4, 0.5) is 36.3 Å². The van der Waals surface area contributed by atoms with Gasteiger partial charge in [0.1, 0.15) is 5.82 Å². The van der Waals surface area contributed by atoms with Crippen LogP contribution in [0, 0.1) is 0 Å². The van der Waals surface area contributed by atoms with Crippen LogP contribution < -0.4 is 10.6 Å². The van der Waals surface area contributed by atoms with Gasteiger partial charge in [0.2, 0.25) is 5.95 Å². The lowest BCUT2D eigenvalue weighted by atomic mass is 10.1. The van der Waals surface area contributed by atoms with Crippen LogP contribution in [0.5, 0.6) is 0 Å². The Morgan fingerprint density at radius 3 is 2.35 bits per heavy atom. The third-order valence-corrected chi connectivity index (χ3v) is 3.78. The fourth-order valence-electron chi connectivity index (χ4n) is 2.45.